The van der Waals surface area contributed by atoms with Crippen LogP contribution < -0.4 is 36.6 Å². The molecule has 1 aromatic heterocycles. The molecule has 0 saturated carbocycles. The lowest BCUT2D eigenvalue weighted by Crippen LogP contribution is -2.49. The number of hydrogen-bond donors (Lipinski definition) is 5. The quantitative estimate of drug-likeness (QED) is 0.110. The highest BCUT2D eigenvalue weighted by atomic mass is 16.5. The minimum atomic E-state index is -0.541. The topological polar surface area (TPSA) is 196 Å². The van der Waals surface area contributed by atoms with Crippen molar-refractivity contribution >= 4 is 46.9 Å². The molecule has 0 aliphatic carbocycles. The van der Waals surface area contributed by atoms with Crippen molar-refractivity contribution in [3.8, 4) is 22.8 Å². The molecule has 3 aliphatic heterocycles. The Bertz CT molecular complexity index is 2100. The number of piperidine rings is 1. The number of benzene rings is 3. The number of para-hydroxylation sites is 1. The van der Waals surface area contributed by atoms with E-state index in [9.17, 15) is 24.0 Å². The van der Waals surface area contributed by atoms with E-state index in [0.29, 0.717) is 80.7 Å². The monoisotopic (exact) mass is 790 g/mol. The fraction of sp³-hybridized carbons (Fsp3) is 0.381. The van der Waals surface area contributed by atoms with Crippen molar-refractivity contribution in [3.05, 3.63) is 84.4 Å². The molecule has 6 N–H and O–H groups in total. The molecule has 3 aliphatic rings. The molecule has 0 radical (unpaired) electrons. The van der Waals surface area contributed by atoms with E-state index in [-0.39, 0.29) is 42.6 Å². The minimum absolute atomic E-state index is 0.0598. The van der Waals surface area contributed by atoms with Crippen LogP contribution in [0.5, 0.6) is 11.5 Å². The number of nitrogens with two attached hydrogens (primary N) is 1. The van der Waals surface area contributed by atoms with Crippen molar-refractivity contribution in [1.29, 1.82) is 0 Å². The number of carbonyl (C=O) groups excluding carboxylic acids is 5. The van der Waals surface area contributed by atoms with Gasteiger partial charge in [0.15, 0.2) is 0 Å². The van der Waals surface area contributed by atoms with Gasteiger partial charge in [-0.2, -0.15) is 5.10 Å². The lowest BCUT2D eigenvalue weighted by Gasteiger charge is -2.38. The third-order valence-corrected chi connectivity index (χ3v) is 10.9. The molecule has 2 fully saturated rings. The number of carbonyl (C=O) groups is 5. The number of primary amides is 1. The van der Waals surface area contributed by atoms with Crippen molar-refractivity contribution in [2.75, 3.05) is 74.9 Å². The molecule has 3 aromatic carbocycles. The number of likely N-dealkylation sites (tertiary alicyclic amines) is 1. The zero-order chi connectivity index (χ0) is 40.6. The Labute approximate surface area is 337 Å². The second-order valence-electron chi connectivity index (χ2n) is 14.9. The van der Waals surface area contributed by atoms with Crippen LogP contribution in [0.15, 0.2) is 78.9 Å². The molecule has 0 bridgehead atoms. The number of nitrogens with one attached hydrogen (secondary N) is 4. The Balaban J connectivity index is 0.836. The largest absolute Gasteiger partial charge is 0.457 e. The third-order valence-electron chi connectivity index (χ3n) is 10.9. The van der Waals surface area contributed by atoms with Crippen LogP contribution in [0.25, 0.3) is 11.3 Å². The maximum Gasteiger partial charge on any atom is 0.328 e. The van der Waals surface area contributed by atoms with Crippen molar-refractivity contribution in [2.24, 2.45) is 11.7 Å². The first-order valence-electron chi connectivity index (χ1n) is 19.8. The number of urea groups is 1. The van der Waals surface area contributed by atoms with Crippen LogP contribution in [0.3, 0.4) is 0 Å². The highest BCUT2D eigenvalue weighted by molar-refractivity contribution is 6.05. The predicted molar refractivity (Wildman–Crippen MR) is 220 cm³/mol. The number of imide groups is 1. The molecule has 304 valence electrons. The first-order chi connectivity index (χ1) is 28.1. The molecule has 4 aromatic rings. The van der Waals surface area contributed by atoms with Crippen LogP contribution >= 0.6 is 0 Å². The van der Waals surface area contributed by atoms with Gasteiger partial charge >= 0.3 is 6.03 Å². The minimum Gasteiger partial charge on any atom is -0.457 e. The summed E-state index contributed by atoms with van der Waals surface area (Å²) in [5, 5.41) is 16.8. The SMILES string of the molecule is CN(CCC(=O)N1CCC([C@@H]2CCNc3c(C(N)=O)c(-c4ccc(Oc5ccccc5)cc4)nn32)CC1)CC(=O)NCCNc1ccc(N2CCC(=O)NC2=O)cc1. The Hall–Kier alpha value is -6.42. The first kappa shape index (κ1) is 39.8. The van der Waals surface area contributed by atoms with Gasteiger partial charge < -0.3 is 31.3 Å². The number of rotatable bonds is 15. The molecule has 0 spiro atoms. The second kappa shape index (κ2) is 18.2. The Kier molecular flexibility index (Phi) is 12.5. The fourth-order valence-electron chi connectivity index (χ4n) is 7.82. The van der Waals surface area contributed by atoms with E-state index in [2.05, 4.69) is 21.3 Å². The van der Waals surface area contributed by atoms with E-state index in [1.165, 1.54) is 4.90 Å². The Morgan fingerprint density at radius 3 is 2.34 bits per heavy atom. The average molecular weight is 791 g/mol. The molecule has 2 saturated heterocycles. The van der Waals surface area contributed by atoms with Gasteiger partial charge in [0.05, 0.1) is 12.6 Å². The molecule has 16 heteroatoms. The van der Waals surface area contributed by atoms with Crippen LogP contribution in [-0.2, 0) is 14.4 Å². The van der Waals surface area contributed by atoms with Gasteiger partial charge in [-0.15, -0.1) is 0 Å². The Morgan fingerprint density at radius 2 is 1.64 bits per heavy atom. The summed E-state index contributed by atoms with van der Waals surface area (Å²) in [4.78, 5) is 67.4. The molecule has 4 heterocycles. The number of anilines is 3. The van der Waals surface area contributed by atoms with Crippen LogP contribution in [0.2, 0.25) is 0 Å². The number of hydrogen-bond acceptors (Lipinski definition) is 10. The van der Waals surface area contributed by atoms with Gasteiger partial charge in [-0.1, -0.05) is 18.2 Å². The Morgan fingerprint density at radius 1 is 0.914 bits per heavy atom. The maximum absolute atomic E-state index is 13.2. The summed E-state index contributed by atoms with van der Waals surface area (Å²) in [6.45, 7) is 3.86. The van der Waals surface area contributed by atoms with E-state index in [1.807, 2.05) is 88.3 Å². The first-order valence-corrected chi connectivity index (χ1v) is 19.8. The van der Waals surface area contributed by atoms with E-state index >= 15 is 0 Å². The molecule has 6 amide bonds. The van der Waals surface area contributed by atoms with E-state index in [0.717, 1.165) is 36.3 Å². The molecular formula is C42H50N10O6. The van der Waals surface area contributed by atoms with Gasteiger partial charge in [-0.25, -0.2) is 9.48 Å². The lowest BCUT2D eigenvalue weighted by molar-refractivity contribution is -0.133. The summed E-state index contributed by atoms with van der Waals surface area (Å²) in [5.41, 5.74) is 9.15. The van der Waals surface area contributed by atoms with Crippen LogP contribution in [0.4, 0.5) is 22.0 Å². The van der Waals surface area contributed by atoms with Crippen molar-refractivity contribution in [3.63, 3.8) is 0 Å². The number of aromatic nitrogens is 2. The molecule has 7 rings (SSSR count). The van der Waals surface area contributed by atoms with Crippen LogP contribution in [0.1, 0.15) is 48.5 Å². The summed E-state index contributed by atoms with van der Waals surface area (Å²) in [7, 11) is 1.83. The van der Waals surface area contributed by atoms with Crippen molar-refractivity contribution < 1.29 is 28.7 Å². The van der Waals surface area contributed by atoms with E-state index in [4.69, 9.17) is 15.6 Å². The van der Waals surface area contributed by atoms with Crippen LogP contribution in [0, 0.1) is 5.92 Å². The van der Waals surface area contributed by atoms with E-state index in [1.54, 1.807) is 12.1 Å². The smallest absolute Gasteiger partial charge is 0.328 e. The number of fused-ring (bicyclic) bond motifs is 1. The molecule has 1 atom stereocenters. The zero-order valence-corrected chi connectivity index (χ0v) is 32.6. The van der Waals surface area contributed by atoms with Crippen LogP contribution in [-0.4, -0.2) is 109 Å². The van der Waals surface area contributed by atoms with Gasteiger partial charge in [0.1, 0.15) is 28.6 Å². The molecule has 58 heavy (non-hydrogen) atoms. The van der Waals surface area contributed by atoms with Gasteiger partial charge in [-0.3, -0.25) is 34.3 Å². The van der Waals surface area contributed by atoms with Gasteiger partial charge in [-0.05, 0) is 92.9 Å². The zero-order valence-electron chi connectivity index (χ0n) is 32.6. The summed E-state index contributed by atoms with van der Waals surface area (Å²) in [6, 6.07) is 23.9. The number of nitrogens with zero attached hydrogens (tertiary/aromatic N) is 5. The van der Waals surface area contributed by atoms with Gasteiger partial charge in [0.2, 0.25) is 17.7 Å². The number of ether oxygens (including phenoxy) is 1. The molecular weight excluding hydrogens is 741 g/mol. The lowest BCUT2D eigenvalue weighted by atomic mass is 9.86. The fourth-order valence-corrected chi connectivity index (χ4v) is 7.82. The second-order valence-corrected chi connectivity index (χ2v) is 14.9. The highest BCUT2D eigenvalue weighted by Gasteiger charge is 2.36. The maximum atomic E-state index is 13.2. The number of amides is 6. The average Bonchev–Trinajstić information content (AvgIpc) is 3.63. The standard InChI is InChI=1S/C42H50N10O6/c1-49(27-36(54)45-22-21-44-30-9-11-31(12-10-30)51-26-18-35(53)47-42(51)57)23-19-37(55)50-24-16-28(17-25-50)34-15-20-46-41-38(40(43)56)39(48-52(34)41)29-7-13-33(14-8-29)58-32-5-3-2-4-6-32/h2-14,28,34,44,46H,15-27H2,1H3,(H2,43,56)(H,45,54)(H,47,53,57)/t34-/m0/s1. The van der Waals surface area contributed by atoms with Gasteiger partial charge in [0.25, 0.3) is 5.91 Å². The summed E-state index contributed by atoms with van der Waals surface area (Å²) in [5.74, 6) is 1.44. The molecule has 16 nitrogen and oxygen atoms in total. The normalized spacial score (nSPS) is 17.0. The van der Waals surface area contributed by atoms with Crippen molar-refractivity contribution in [1.82, 2.24) is 30.2 Å². The number of likely N-dealkylation sites (N-methyl/N-ethyl adjacent to an activating group) is 1. The molecule has 0 unspecified atom stereocenters. The summed E-state index contributed by atoms with van der Waals surface area (Å²) >= 11 is 0. The summed E-state index contributed by atoms with van der Waals surface area (Å²) < 4.78 is 7.88. The highest BCUT2D eigenvalue weighted by Crippen LogP contribution is 2.40. The van der Waals surface area contributed by atoms with Gasteiger partial charge in [0, 0.05) is 75.6 Å². The third kappa shape index (κ3) is 9.57. The predicted octanol–water partition coefficient (Wildman–Crippen LogP) is 4.03. The van der Waals surface area contributed by atoms with Crippen molar-refractivity contribution in [2.45, 2.75) is 38.1 Å². The summed E-state index contributed by atoms with van der Waals surface area (Å²) in [6.07, 6.45) is 3.06. The van der Waals surface area contributed by atoms with E-state index < -0.39 is 11.9 Å².